The van der Waals surface area contributed by atoms with E-state index in [2.05, 4.69) is 31.9 Å². The molecule has 162 valence electrons. The van der Waals surface area contributed by atoms with E-state index in [-0.39, 0.29) is 21.5 Å². The number of nitrogens with zero attached hydrogens (tertiary/aromatic N) is 3. The van der Waals surface area contributed by atoms with Crippen LogP contribution in [0.2, 0.25) is 5.02 Å². The van der Waals surface area contributed by atoms with E-state index < -0.39 is 15.9 Å². The van der Waals surface area contributed by atoms with Gasteiger partial charge in [-0.2, -0.15) is 0 Å². The molecule has 8 nitrogen and oxygen atoms in total. The van der Waals surface area contributed by atoms with Gasteiger partial charge in [0.1, 0.15) is 5.82 Å². The maximum atomic E-state index is 12.7. The van der Waals surface area contributed by atoms with Gasteiger partial charge in [0.15, 0.2) is 0 Å². The largest absolute Gasteiger partial charge is 0.354 e. The maximum Gasteiger partial charge on any atom is 0.257 e. The number of amides is 1. The van der Waals surface area contributed by atoms with Gasteiger partial charge in [-0.05, 0) is 51.2 Å². The summed E-state index contributed by atoms with van der Waals surface area (Å²) in [6.45, 7) is 7.19. The number of pyridine rings is 1. The molecule has 2 N–H and O–H groups in total. The number of rotatable bonds is 6. The Labute approximate surface area is 182 Å². The molecule has 10 heteroatoms. The number of piperazine rings is 1. The molecule has 1 aromatic heterocycles. The molecule has 1 aliphatic heterocycles. The molecule has 0 atom stereocenters. The van der Waals surface area contributed by atoms with Crippen LogP contribution in [0.3, 0.4) is 0 Å². The van der Waals surface area contributed by atoms with Crippen molar-refractivity contribution in [3.8, 4) is 0 Å². The van der Waals surface area contributed by atoms with E-state index in [0.29, 0.717) is 5.69 Å². The number of carbonyl (C=O) groups excluding carboxylic acids is 1. The molecule has 0 unspecified atom stereocenters. The van der Waals surface area contributed by atoms with E-state index in [4.69, 9.17) is 11.6 Å². The van der Waals surface area contributed by atoms with Crippen molar-refractivity contribution in [1.29, 1.82) is 0 Å². The molecule has 0 radical (unpaired) electrons. The zero-order valence-corrected chi connectivity index (χ0v) is 18.8. The molecule has 1 aliphatic rings. The number of sulfonamides is 1. The van der Waals surface area contributed by atoms with Gasteiger partial charge in [-0.3, -0.25) is 4.79 Å². The highest BCUT2D eigenvalue weighted by Gasteiger charge is 2.20. The Hall–Kier alpha value is -2.20. The predicted molar refractivity (Wildman–Crippen MR) is 119 cm³/mol. The summed E-state index contributed by atoms with van der Waals surface area (Å²) in [5, 5.41) is 2.89. The summed E-state index contributed by atoms with van der Waals surface area (Å²) in [6.07, 6.45) is 1.58. The highest BCUT2D eigenvalue weighted by atomic mass is 35.5. The number of benzene rings is 1. The van der Waals surface area contributed by atoms with Gasteiger partial charge in [0, 0.05) is 32.2 Å². The summed E-state index contributed by atoms with van der Waals surface area (Å²) in [6, 6.07) is 7.40. The van der Waals surface area contributed by atoms with Gasteiger partial charge in [-0.1, -0.05) is 11.6 Å². The topological polar surface area (TPSA) is 94.6 Å². The molecule has 2 aromatic rings. The lowest BCUT2D eigenvalue weighted by atomic mass is 10.2. The Bertz CT molecular complexity index is 1000. The van der Waals surface area contributed by atoms with Crippen molar-refractivity contribution in [3.05, 3.63) is 47.1 Å². The number of nitrogens with one attached hydrogen (secondary N) is 2. The summed E-state index contributed by atoms with van der Waals surface area (Å²) in [7, 11) is -1.65. The Kier molecular flexibility index (Phi) is 6.97. The van der Waals surface area contributed by atoms with Gasteiger partial charge in [0.05, 0.1) is 27.4 Å². The van der Waals surface area contributed by atoms with Crippen LogP contribution < -0.4 is 14.9 Å². The molecule has 30 heavy (non-hydrogen) atoms. The molecule has 1 fully saturated rings. The molecule has 3 rings (SSSR count). The first-order valence-electron chi connectivity index (χ1n) is 9.68. The van der Waals surface area contributed by atoms with Gasteiger partial charge in [0.25, 0.3) is 5.91 Å². The number of hydrogen-bond acceptors (Lipinski definition) is 6. The third-order valence-corrected chi connectivity index (χ3v) is 6.70. The van der Waals surface area contributed by atoms with Gasteiger partial charge in [-0.25, -0.2) is 18.1 Å². The van der Waals surface area contributed by atoms with Crippen LogP contribution in [0, 0.1) is 0 Å². The highest BCUT2D eigenvalue weighted by Crippen LogP contribution is 2.23. The summed E-state index contributed by atoms with van der Waals surface area (Å²) in [5.41, 5.74) is 0.578. The third kappa shape index (κ3) is 5.48. The molecule has 2 heterocycles. The Morgan fingerprint density at radius 2 is 1.83 bits per heavy atom. The lowest BCUT2D eigenvalue weighted by Crippen LogP contribution is -2.44. The molecule has 0 bridgehead atoms. The standard InChI is InChI=1S/C20H26ClN5O3S/c1-14(2)24-30(28,29)16-5-6-18(21)17(12-16)20(27)23-15-4-7-19(22-13-15)26-10-8-25(3)9-11-26/h4-7,12-14,24H,8-11H2,1-3H3,(H,23,27). The molecular formula is C20H26ClN5O3S. The monoisotopic (exact) mass is 451 g/mol. The Morgan fingerprint density at radius 1 is 1.13 bits per heavy atom. The van der Waals surface area contributed by atoms with Crippen molar-refractivity contribution in [2.75, 3.05) is 43.4 Å². The van der Waals surface area contributed by atoms with Crippen molar-refractivity contribution in [2.24, 2.45) is 0 Å². The van der Waals surface area contributed by atoms with Crippen molar-refractivity contribution in [3.63, 3.8) is 0 Å². The number of anilines is 2. The number of halogens is 1. The van der Waals surface area contributed by atoms with Crippen molar-refractivity contribution >= 4 is 39.0 Å². The lowest BCUT2D eigenvalue weighted by Gasteiger charge is -2.33. The molecule has 0 saturated carbocycles. The van der Waals surface area contributed by atoms with Crippen LogP contribution in [-0.2, 0) is 10.0 Å². The molecular weight excluding hydrogens is 426 g/mol. The van der Waals surface area contributed by atoms with Crippen LogP contribution in [0.15, 0.2) is 41.4 Å². The second kappa shape index (κ2) is 9.30. The van der Waals surface area contributed by atoms with Crippen LogP contribution in [0.25, 0.3) is 0 Å². The van der Waals surface area contributed by atoms with Gasteiger partial charge in [-0.15, -0.1) is 0 Å². The number of carbonyl (C=O) groups is 1. The minimum atomic E-state index is -3.74. The third-order valence-electron chi connectivity index (χ3n) is 4.72. The van der Waals surface area contributed by atoms with Gasteiger partial charge < -0.3 is 15.1 Å². The smallest absolute Gasteiger partial charge is 0.257 e. The minimum absolute atomic E-state index is 0.0192. The first kappa shape index (κ1) is 22.5. The number of aromatic nitrogens is 1. The van der Waals surface area contributed by atoms with E-state index in [1.165, 1.54) is 18.2 Å². The molecule has 1 amide bonds. The van der Waals surface area contributed by atoms with Gasteiger partial charge in [0.2, 0.25) is 10.0 Å². The van der Waals surface area contributed by atoms with Crippen LogP contribution in [0.1, 0.15) is 24.2 Å². The predicted octanol–water partition coefficient (Wildman–Crippen LogP) is 2.43. The maximum absolute atomic E-state index is 12.7. The summed E-state index contributed by atoms with van der Waals surface area (Å²) in [4.78, 5) is 21.6. The molecule has 0 aliphatic carbocycles. The first-order valence-corrected chi connectivity index (χ1v) is 11.5. The molecule has 1 aromatic carbocycles. The lowest BCUT2D eigenvalue weighted by molar-refractivity contribution is 0.102. The fraction of sp³-hybridized carbons (Fsp3) is 0.400. The molecule has 0 spiro atoms. The SMILES string of the molecule is CC(C)NS(=O)(=O)c1ccc(Cl)c(C(=O)Nc2ccc(N3CCN(C)CC3)nc2)c1. The molecule has 1 saturated heterocycles. The second-order valence-corrected chi connectivity index (χ2v) is 9.69. The summed E-state index contributed by atoms with van der Waals surface area (Å²) < 4.78 is 27.3. The fourth-order valence-corrected chi connectivity index (χ4v) is 4.59. The van der Waals surface area contributed by atoms with Crippen LogP contribution >= 0.6 is 11.6 Å². The first-order chi connectivity index (χ1) is 14.2. The van der Waals surface area contributed by atoms with Crippen molar-refractivity contribution < 1.29 is 13.2 Å². The Balaban J connectivity index is 1.73. The van der Waals surface area contributed by atoms with E-state index >= 15 is 0 Å². The number of hydrogen-bond donors (Lipinski definition) is 2. The summed E-state index contributed by atoms with van der Waals surface area (Å²) >= 11 is 6.15. The van der Waals surface area contributed by atoms with E-state index in [0.717, 1.165) is 32.0 Å². The van der Waals surface area contributed by atoms with Crippen LogP contribution in [0.4, 0.5) is 11.5 Å². The zero-order valence-electron chi connectivity index (χ0n) is 17.2. The van der Waals surface area contributed by atoms with E-state index in [1.807, 2.05) is 6.07 Å². The van der Waals surface area contributed by atoms with Crippen molar-refractivity contribution in [2.45, 2.75) is 24.8 Å². The average Bonchev–Trinajstić information content (AvgIpc) is 2.68. The van der Waals surface area contributed by atoms with E-state index in [9.17, 15) is 13.2 Å². The second-order valence-electron chi connectivity index (χ2n) is 7.57. The number of likely N-dealkylation sites (N-methyl/N-ethyl adjacent to an activating group) is 1. The van der Waals surface area contributed by atoms with Crippen molar-refractivity contribution in [1.82, 2.24) is 14.6 Å². The Morgan fingerprint density at radius 3 is 2.43 bits per heavy atom. The van der Waals surface area contributed by atoms with Crippen LogP contribution in [0.5, 0.6) is 0 Å². The van der Waals surface area contributed by atoms with Gasteiger partial charge >= 0.3 is 0 Å². The minimum Gasteiger partial charge on any atom is -0.354 e. The highest BCUT2D eigenvalue weighted by molar-refractivity contribution is 7.89. The normalized spacial score (nSPS) is 15.4. The fourth-order valence-electron chi connectivity index (χ4n) is 3.10. The van der Waals surface area contributed by atoms with E-state index in [1.54, 1.807) is 26.1 Å². The average molecular weight is 452 g/mol. The quantitative estimate of drug-likeness (QED) is 0.700. The van der Waals surface area contributed by atoms with Crippen LogP contribution in [-0.4, -0.2) is 63.5 Å². The summed E-state index contributed by atoms with van der Waals surface area (Å²) in [5.74, 6) is 0.350. The zero-order chi connectivity index (χ0) is 21.9.